The molecule has 0 radical (unpaired) electrons. The Morgan fingerprint density at radius 2 is 1.36 bits per heavy atom. The van der Waals surface area contributed by atoms with Gasteiger partial charge in [0.25, 0.3) is 0 Å². The van der Waals surface area contributed by atoms with Crippen molar-refractivity contribution < 1.29 is 15.4 Å². The molecule has 0 aliphatic heterocycles. The van der Waals surface area contributed by atoms with Crippen molar-refractivity contribution in [2.24, 2.45) is 5.16 Å². The molecule has 0 heterocycles. The van der Waals surface area contributed by atoms with Gasteiger partial charge in [0.05, 0.1) is 6.21 Å². The minimum absolute atomic E-state index is 0.0387. The summed E-state index contributed by atoms with van der Waals surface area (Å²) in [7, 11) is 0. The van der Waals surface area contributed by atoms with E-state index in [-0.39, 0.29) is 11.5 Å². The molecule has 4 aromatic rings. The van der Waals surface area contributed by atoms with Gasteiger partial charge in [-0.25, -0.2) is 0 Å². The molecule has 0 unspecified atom stereocenters. The molecule has 4 aromatic carbocycles. The van der Waals surface area contributed by atoms with Gasteiger partial charge >= 0.3 is 0 Å². The number of oxime groups is 1. The van der Waals surface area contributed by atoms with Crippen LogP contribution in [0.3, 0.4) is 0 Å². The lowest BCUT2D eigenvalue weighted by molar-refractivity contribution is 0.321. The normalized spacial score (nSPS) is 11.5. The number of hydrogen-bond acceptors (Lipinski definition) is 4. The van der Waals surface area contributed by atoms with Crippen molar-refractivity contribution in [1.29, 1.82) is 0 Å². The van der Waals surface area contributed by atoms with E-state index in [1.54, 1.807) is 12.1 Å². The van der Waals surface area contributed by atoms with E-state index < -0.39 is 0 Å². The molecule has 0 bridgehead atoms. The smallest absolute Gasteiger partial charge is 0.133 e. The average Bonchev–Trinajstić information content (AvgIpc) is 2.64. The molecule has 0 atom stereocenters. The zero-order valence-corrected chi connectivity index (χ0v) is 13.2. The third-order valence-electron chi connectivity index (χ3n) is 4.41. The third kappa shape index (κ3) is 2.35. The molecule has 4 heteroatoms. The summed E-state index contributed by atoms with van der Waals surface area (Å²) >= 11 is 0. The van der Waals surface area contributed by atoms with Gasteiger partial charge in [-0.15, -0.1) is 0 Å². The number of hydrogen-bond donors (Lipinski definition) is 3. The second-order valence-corrected chi connectivity index (χ2v) is 5.84. The lowest BCUT2D eigenvalue weighted by Crippen LogP contribution is -1.91. The Morgan fingerprint density at radius 3 is 2.08 bits per heavy atom. The maximum atomic E-state index is 10.8. The Balaban J connectivity index is 2.22. The highest BCUT2D eigenvalue weighted by Crippen LogP contribution is 2.45. The number of phenolic OH excluding ortho intramolecular Hbond substituents is 2. The zero-order valence-electron chi connectivity index (χ0n) is 13.2. The summed E-state index contributed by atoms with van der Waals surface area (Å²) in [5.41, 5.74) is 1.45. The van der Waals surface area contributed by atoms with E-state index >= 15 is 0 Å². The van der Waals surface area contributed by atoms with E-state index in [2.05, 4.69) is 5.16 Å². The lowest BCUT2D eigenvalue weighted by atomic mass is 9.90. The fraction of sp³-hybridized carbons (Fsp3) is 0. The van der Waals surface area contributed by atoms with Crippen LogP contribution in [0.1, 0.15) is 5.56 Å². The van der Waals surface area contributed by atoms with Crippen molar-refractivity contribution in [3.05, 3.63) is 72.3 Å². The Hall–Kier alpha value is -3.53. The predicted octanol–water partition coefficient (Wildman–Crippen LogP) is 4.88. The van der Waals surface area contributed by atoms with Gasteiger partial charge in [0.15, 0.2) is 0 Å². The summed E-state index contributed by atoms with van der Waals surface area (Å²) in [4.78, 5) is 0. The quantitative estimate of drug-likeness (QED) is 0.279. The molecular weight excluding hydrogens is 314 g/mol. The molecule has 4 rings (SSSR count). The van der Waals surface area contributed by atoms with Crippen molar-refractivity contribution in [3.8, 4) is 22.6 Å². The first kappa shape index (κ1) is 15.0. The predicted molar refractivity (Wildman–Crippen MR) is 99.6 cm³/mol. The molecule has 0 spiro atoms. The van der Waals surface area contributed by atoms with Gasteiger partial charge in [0, 0.05) is 16.7 Å². The second-order valence-electron chi connectivity index (χ2n) is 5.84. The monoisotopic (exact) mass is 329 g/mol. The number of rotatable bonds is 2. The average molecular weight is 329 g/mol. The lowest BCUT2D eigenvalue weighted by Gasteiger charge is -2.15. The Kier molecular flexibility index (Phi) is 3.51. The number of aromatic hydroxyl groups is 2. The number of phenols is 2. The standard InChI is InChI=1S/C21H15NO3/c23-18-10-9-13-5-1-3-7-16(13)19(18)20-17-8-4-2-6-14(17)11-15(12-22-25)21(20)24/h1-12,23-25H/b22-12+. The molecule has 0 fully saturated rings. The van der Waals surface area contributed by atoms with Crippen LogP contribution in [-0.2, 0) is 0 Å². The molecule has 0 aliphatic carbocycles. The van der Waals surface area contributed by atoms with E-state index in [9.17, 15) is 10.2 Å². The highest BCUT2D eigenvalue weighted by Gasteiger charge is 2.19. The van der Waals surface area contributed by atoms with Crippen LogP contribution in [0.4, 0.5) is 0 Å². The van der Waals surface area contributed by atoms with Crippen molar-refractivity contribution in [1.82, 2.24) is 0 Å². The summed E-state index contributed by atoms with van der Waals surface area (Å²) < 4.78 is 0. The summed E-state index contributed by atoms with van der Waals surface area (Å²) in [5, 5.41) is 36.8. The topological polar surface area (TPSA) is 73.1 Å². The van der Waals surface area contributed by atoms with E-state index in [1.807, 2.05) is 54.6 Å². The first-order valence-corrected chi connectivity index (χ1v) is 7.84. The van der Waals surface area contributed by atoms with Gasteiger partial charge in [-0.1, -0.05) is 59.8 Å². The van der Waals surface area contributed by atoms with Crippen molar-refractivity contribution in [2.75, 3.05) is 0 Å². The summed E-state index contributed by atoms with van der Waals surface area (Å²) in [6, 6.07) is 20.5. The third-order valence-corrected chi connectivity index (χ3v) is 4.41. The van der Waals surface area contributed by atoms with Gasteiger partial charge < -0.3 is 15.4 Å². The molecule has 0 aliphatic rings. The van der Waals surface area contributed by atoms with Crippen molar-refractivity contribution >= 4 is 27.8 Å². The summed E-state index contributed by atoms with van der Waals surface area (Å²) in [5.74, 6) is 0.0420. The Labute approximate surface area is 143 Å². The van der Waals surface area contributed by atoms with Crippen LogP contribution in [0, 0.1) is 0 Å². The molecule has 4 nitrogen and oxygen atoms in total. The molecule has 122 valence electrons. The summed E-state index contributed by atoms with van der Waals surface area (Å²) in [6.07, 6.45) is 1.19. The fourth-order valence-corrected chi connectivity index (χ4v) is 3.29. The van der Waals surface area contributed by atoms with Gasteiger partial charge in [-0.2, -0.15) is 0 Å². The fourth-order valence-electron chi connectivity index (χ4n) is 3.29. The van der Waals surface area contributed by atoms with Gasteiger partial charge in [0.1, 0.15) is 11.5 Å². The molecular formula is C21H15NO3. The minimum atomic E-state index is -0.0387. The van der Waals surface area contributed by atoms with Crippen LogP contribution >= 0.6 is 0 Å². The van der Waals surface area contributed by atoms with Gasteiger partial charge in [-0.05, 0) is 33.7 Å². The van der Waals surface area contributed by atoms with Crippen LogP contribution in [0.25, 0.3) is 32.7 Å². The highest BCUT2D eigenvalue weighted by molar-refractivity contribution is 6.12. The molecule has 25 heavy (non-hydrogen) atoms. The maximum Gasteiger partial charge on any atom is 0.133 e. The largest absolute Gasteiger partial charge is 0.507 e. The summed E-state index contributed by atoms with van der Waals surface area (Å²) in [6.45, 7) is 0. The SMILES string of the molecule is O/N=C/c1cc2ccccc2c(-c2c(O)ccc3ccccc23)c1O. The first-order chi connectivity index (χ1) is 12.2. The van der Waals surface area contributed by atoms with Crippen LogP contribution in [0.2, 0.25) is 0 Å². The second kappa shape index (κ2) is 5.83. The van der Waals surface area contributed by atoms with E-state index in [4.69, 9.17) is 5.21 Å². The molecule has 3 N–H and O–H groups in total. The van der Waals surface area contributed by atoms with E-state index in [1.165, 1.54) is 6.21 Å². The van der Waals surface area contributed by atoms with Crippen molar-refractivity contribution in [3.63, 3.8) is 0 Å². The van der Waals surface area contributed by atoms with Crippen LogP contribution in [0.5, 0.6) is 11.5 Å². The number of nitrogens with zero attached hydrogens (tertiary/aromatic N) is 1. The Morgan fingerprint density at radius 1 is 0.720 bits per heavy atom. The van der Waals surface area contributed by atoms with Gasteiger partial charge in [-0.3, -0.25) is 0 Å². The highest BCUT2D eigenvalue weighted by atomic mass is 16.4. The number of benzene rings is 4. The molecule has 0 saturated heterocycles. The Bertz CT molecular complexity index is 1130. The van der Waals surface area contributed by atoms with E-state index in [0.29, 0.717) is 16.7 Å². The van der Waals surface area contributed by atoms with Gasteiger partial charge in [0.2, 0.25) is 0 Å². The molecule has 0 amide bonds. The van der Waals surface area contributed by atoms with Crippen LogP contribution < -0.4 is 0 Å². The van der Waals surface area contributed by atoms with Crippen LogP contribution in [0.15, 0.2) is 71.9 Å². The van der Waals surface area contributed by atoms with Crippen LogP contribution in [-0.4, -0.2) is 21.6 Å². The molecule has 0 saturated carbocycles. The maximum absolute atomic E-state index is 10.8. The van der Waals surface area contributed by atoms with E-state index in [0.717, 1.165) is 21.5 Å². The first-order valence-electron chi connectivity index (χ1n) is 7.84. The minimum Gasteiger partial charge on any atom is -0.507 e. The van der Waals surface area contributed by atoms with Crippen molar-refractivity contribution in [2.45, 2.75) is 0 Å². The zero-order chi connectivity index (χ0) is 17.4. The molecule has 0 aromatic heterocycles. The number of fused-ring (bicyclic) bond motifs is 2.